The minimum Gasteiger partial charge on any atom is -0.497 e. The Morgan fingerprint density at radius 3 is 2.87 bits per heavy atom. The van der Waals surface area contributed by atoms with Crippen molar-refractivity contribution in [3.8, 4) is 5.75 Å². The van der Waals surface area contributed by atoms with Crippen molar-refractivity contribution in [1.82, 2.24) is 14.9 Å². The highest BCUT2D eigenvalue weighted by molar-refractivity contribution is 7.89. The van der Waals surface area contributed by atoms with Crippen LogP contribution < -0.4 is 9.46 Å². The molecule has 0 aliphatic heterocycles. The van der Waals surface area contributed by atoms with Gasteiger partial charge in [-0.25, -0.2) is 17.9 Å². The molecule has 0 saturated heterocycles. The Bertz CT molecular complexity index is 785. The van der Waals surface area contributed by atoms with Gasteiger partial charge in [-0.3, -0.25) is 5.10 Å². The molecule has 0 bridgehead atoms. The Hall–Kier alpha value is -2.39. The largest absolute Gasteiger partial charge is 0.497 e. The van der Waals surface area contributed by atoms with Crippen molar-refractivity contribution in [2.75, 3.05) is 13.7 Å². The second-order valence-electron chi connectivity index (χ2n) is 4.51. The Morgan fingerprint density at radius 1 is 1.39 bits per heavy atom. The SMILES string of the molecule is CCOC(=O)c1cn[nH]c1S(=O)(=O)NCc1cccc(OC)c1. The van der Waals surface area contributed by atoms with E-state index in [1.165, 1.54) is 7.11 Å². The number of sulfonamides is 1. The van der Waals surface area contributed by atoms with Crippen LogP contribution in [0.4, 0.5) is 0 Å². The van der Waals surface area contributed by atoms with Gasteiger partial charge >= 0.3 is 5.97 Å². The third-order valence-electron chi connectivity index (χ3n) is 2.97. The fourth-order valence-electron chi connectivity index (χ4n) is 1.87. The number of nitrogens with one attached hydrogen (secondary N) is 2. The standard InChI is InChI=1S/C14H17N3O5S/c1-3-22-14(18)12-9-15-17-13(12)23(19,20)16-8-10-5-4-6-11(7-10)21-2/h4-7,9,16H,3,8H2,1-2H3,(H,15,17). The van der Waals surface area contributed by atoms with Crippen LogP contribution in [0, 0.1) is 0 Å². The molecule has 0 spiro atoms. The zero-order chi connectivity index (χ0) is 16.9. The summed E-state index contributed by atoms with van der Waals surface area (Å²) in [6, 6.07) is 6.97. The first-order valence-corrected chi connectivity index (χ1v) is 8.29. The summed E-state index contributed by atoms with van der Waals surface area (Å²) in [6.45, 7) is 1.81. The highest BCUT2D eigenvalue weighted by atomic mass is 32.2. The molecular weight excluding hydrogens is 322 g/mol. The van der Waals surface area contributed by atoms with E-state index in [1.807, 2.05) is 0 Å². The molecule has 124 valence electrons. The lowest BCUT2D eigenvalue weighted by Gasteiger charge is -2.08. The summed E-state index contributed by atoms with van der Waals surface area (Å²) < 4.78 is 37.0. The molecule has 8 nitrogen and oxygen atoms in total. The van der Waals surface area contributed by atoms with E-state index in [4.69, 9.17) is 9.47 Å². The van der Waals surface area contributed by atoms with Crippen LogP contribution >= 0.6 is 0 Å². The number of H-pyrrole nitrogens is 1. The molecule has 23 heavy (non-hydrogen) atoms. The Morgan fingerprint density at radius 2 is 2.17 bits per heavy atom. The molecule has 9 heteroatoms. The number of aromatic nitrogens is 2. The highest BCUT2D eigenvalue weighted by Crippen LogP contribution is 2.15. The van der Waals surface area contributed by atoms with Gasteiger partial charge in [-0.2, -0.15) is 5.10 Å². The van der Waals surface area contributed by atoms with Crippen LogP contribution in [-0.2, 0) is 21.3 Å². The van der Waals surface area contributed by atoms with Crippen molar-refractivity contribution in [2.45, 2.75) is 18.5 Å². The zero-order valence-corrected chi connectivity index (χ0v) is 13.5. The van der Waals surface area contributed by atoms with Crippen molar-refractivity contribution in [1.29, 1.82) is 0 Å². The summed E-state index contributed by atoms with van der Waals surface area (Å²) in [7, 11) is -2.41. The van der Waals surface area contributed by atoms with Gasteiger partial charge in [0, 0.05) is 6.54 Å². The van der Waals surface area contributed by atoms with Gasteiger partial charge in [-0.05, 0) is 24.6 Å². The van der Waals surface area contributed by atoms with Crippen LogP contribution in [-0.4, -0.2) is 38.3 Å². The van der Waals surface area contributed by atoms with Gasteiger partial charge in [0.1, 0.15) is 11.3 Å². The van der Waals surface area contributed by atoms with Gasteiger partial charge in [0.25, 0.3) is 10.0 Å². The van der Waals surface area contributed by atoms with E-state index < -0.39 is 16.0 Å². The van der Waals surface area contributed by atoms with E-state index in [2.05, 4.69) is 14.9 Å². The molecule has 0 saturated carbocycles. The highest BCUT2D eigenvalue weighted by Gasteiger charge is 2.25. The zero-order valence-electron chi connectivity index (χ0n) is 12.7. The van der Waals surface area contributed by atoms with Crippen molar-refractivity contribution in [3.05, 3.63) is 41.6 Å². The van der Waals surface area contributed by atoms with E-state index in [0.717, 1.165) is 6.20 Å². The number of esters is 1. The van der Waals surface area contributed by atoms with Gasteiger partial charge in [-0.1, -0.05) is 12.1 Å². The van der Waals surface area contributed by atoms with Gasteiger partial charge in [0.2, 0.25) is 0 Å². The Balaban J connectivity index is 2.16. The number of hydrogen-bond acceptors (Lipinski definition) is 6. The number of benzene rings is 1. The lowest BCUT2D eigenvalue weighted by molar-refractivity contribution is 0.0522. The van der Waals surface area contributed by atoms with Crippen molar-refractivity contribution < 1.29 is 22.7 Å². The Labute approximate surface area is 133 Å². The van der Waals surface area contributed by atoms with Crippen LogP contribution in [0.2, 0.25) is 0 Å². The summed E-state index contributed by atoms with van der Waals surface area (Å²) in [4.78, 5) is 11.7. The number of hydrogen-bond donors (Lipinski definition) is 2. The van der Waals surface area contributed by atoms with Crippen LogP contribution in [0.3, 0.4) is 0 Å². The molecule has 2 N–H and O–H groups in total. The minimum atomic E-state index is -3.94. The van der Waals surface area contributed by atoms with Gasteiger partial charge in [-0.15, -0.1) is 0 Å². The smallest absolute Gasteiger partial charge is 0.342 e. The number of aromatic amines is 1. The lowest BCUT2D eigenvalue weighted by Crippen LogP contribution is -2.25. The quantitative estimate of drug-likeness (QED) is 0.730. The topological polar surface area (TPSA) is 110 Å². The number of rotatable bonds is 7. The fourth-order valence-corrected chi connectivity index (χ4v) is 2.97. The first kappa shape index (κ1) is 17.0. The number of carbonyl (C=O) groups is 1. The van der Waals surface area contributed by atoms with E-state index in [1.54, 1.807) is 31.2 Å². The molecular formula is C14H17N3O5S. The average Bonchev–Trinajstić information content (AvgIpc) is 3.04. The van der Waals surface area contributed by atoms with Crippen LogP contribution in [0.1, 0.15) is 22.8 Å². The number of ether oxygens (including phenoxy) is 2. The molecule has 0 aliphatic rings. The van der Waals surface area contributed by atoms with E-state index in [9.17, 15) is 13.2 Å². The maximum atomic E-state index is 12.3. The van der Waals surface area contributed by atoms with E-state index in [0.29, 0.717) is 11.3 Å². The van der Waals surface area contributed by atoms with Crippen molar-refractivity contribution >= 4 is 16.0 Å². The lowest BCUT2D eigenvalue weighted by atomic mass is 10.2. The first-order chi connectivity index (χ1) is 11.0. The molecule has 2 rings (SSSR count). The van der Waals surface area contributed by atoms with Gasteiger partial charge < -0.3 is 9.47 Å². The normalized spacial score (nSPS) is 11.2. The molecule has 0 atom stereocenters. The van der Waals surface area contributed by atoms with Crippen LogP contribution in [0.25, 0.3) is 0 Å². The fraction of sp³-hybridized carbons (Fsp3) is 0.286. The summed E-state index contributed by atoms with van der Waals surface area (Å²) in [5.41, 5.74) is 0.579. The van der Waals surface area contributed by atoms with E-state index in [-0.39, 0.29) is 23.7 Å². The third kappa shape index (κ3) is 4.08. The summed E-state index contributed by atoms with van der Waals surface area (Å²) >= 11 is 0. The molecule has 0 fully saturated rings. The number of methoxy groups -OCH3 is 1. The molecule has 0 aliphatic carbocycles. The molecule has 1 heterocycles. The second-order valence-corrected chi connectivity index (χ2v) is 6.21. The van der Waals surface area contributed by atoms with Crippen molar-refractivity contribution in [2.24, 2.45) is 0 Å². The first-order valence-electron chi connectivity index (χ1n) is 6.81. The van der Waals surface area contributed by atoms with Crippen LogP contribution in [0.15, 0.2) is 35.5 Å². The average molecular weight is 339 g/mol. The Kier molecular flexibility index (Phi) is 5.35. The molecule has 1 aromatic carbocycles. The maximum Gasteiger partial charge on any atom is 0.342 e. The minimum absolute atomic E-state index is 0.0425. The maximum absolute atomic E-state index is 12.3. The predicted molar refractivity (Wildman–Crippen MR) is 81.6 cm³/mol. The van der Waals surface area contributed by atoms with Gasteiger partial charge in [0.15, 0.2) is 5.03 Å². The summed E-state index contributed by atoms with van der Waals surface area (Å²) in [6.07, 6.45) is 1.12. The van der Waals surface area contributed by atoms with Crippen molar-refractivity contribution in [3.63, 3.8) is 0 Å². The number of nitrogens with zero attached hydrogens (tertiary/aromatic N) is 1. The summed E-state index contributed by atoms with van der Waals surface area (Å²) in [5, 5.41) is 5.61. The van der Waals surface area contributed by atoms with E-state index >= 15 is 0 Å². The summed E-state index contributed by atoms with van der Waals surface area (Å²) in [5.74, 6) is -0.126. The second kappa shape index (κ2) is 7.25. The predicted octanol–water partition coefficient (Wildman–Crippen LogP) is 1.07. The van der Waals surface area contributed by atoms with Gasteiger partial charge in [0.05, 0.1) is 19.9 Å². The van der Waals surface area contributed by atoms with Crippen LogP contribution in [0.5, 0.6) is 5.75 Å². The molecule has 0 amide bonds. The third-order valence-corrected chi connectivity index (χ3v) is 4.34. The molecule has 2 aromatic rings. The number of carbonyl (C=O) groups excluding carboxylic acids is 1. The monoisotopic (exact) mass is 339 g/mol. The molecule has 0 unspecified atom stereocenters. The molecule has 1 aromatic heterocycles. The molecule has 0 radical (unpaired) electrons.